The van der Waals surface area contributed by atoms with Crippen LogP contribution in [-0.2, 0) is 19.6 Å². The number of ether oxygens (including phenoxy) is 1. The van der Waals surface area contributed by atoms with Gasteiger partial charge in [0.25, 0.3) is 0 Å². The van der Waals surface area contributed by atoms with Crippen molar-refractivity contribution in [3.8, 4) is 0 Å². The molecule has 1 aromatic rings. The Morgan fingerprint density at radius 1 is 1.48 bits per heavy atom. The van der Waals surface area contributed by atoms with Crippen molar-refractivity contribution in [2.45, 2.75) is 24.3 Å². The molecule has 1 atom stereocenters. The Kier molecular flexibility index (Phi) is 6.54. The molecule has 6 nitrogen and oxygen atoms in total. The summed E-state index contributed by atoms with van der Waals surface area (Å²) in [5.74, 6) is -1.09. The van der Waals surface area contributed by atoms with E-state index in [0.717, 1.165) is 6.08 Å². The molecular weight excluding hydrogens is 294 g/mol. The second-order valence-electron chi connectivity index (χ2n) is 4.55. The average molecular weight is 313 g/mol. The molecule has 0 amide bonds. The van der Waals surface area contributed by atoms with E-state index in [1.807, 2.05) is 0 Å². The Morgan fingerprint density at radius 3 is 2.81 bits per heavy atom. The fourth-order valence-corrected chi connectivity index (χ4v) is 2.97. The molecule has 0 aliphatic heterocycles. The number of aliphatic carboxylic acids is 1. The number of carboxylic acids is 1. The summed E-state index contributed by atoms with van der Waals surface area (Å²) in [4.78, 5) is 10.6. The van der Waals surface area contributed by atoms with Crippen LogP contribution in [0.1, 0.15) is 18.9 Å². The summed E-state index contributed by atoms with van der Waals surface area (Å²) in [5.41, 5.74) is 0.504. The van der Waals surface area contributed by atoms with E-state index < -0.39 is 16.0 Å². The molecule has 0 saturated heterocycles. The van der Waals surface area contributed by atoms with Gasteiger partial charge in [-0.3, -0.25) is 0 Å². The summed E-state index contributed by atoms with van der Waals surface area (Å²) in [5, 5.41) is 8.58. The van der Waals surface area contributed by atoms with Crippen LogP contribution in [0.3, 0.4) is 0 Å². The summed E-state index contributed by atoms with van der Waals surface area (Å²) in [7, 11) is -2.08. The van der Waals surface area contributed by atoms with Crippen molar-refractivity contribution < 1.29 is 23.1 Å². The second kappa shape index (κ2) is 7.92. The third-order valence-electron chi connectivity index (χ3n) is 2.70. The zero-order valence-electron chi connectivity index (χ0n) is 11.9. The summed E-state index contributed by atoms with van der Waals surface area (Å²) in [6.07, 6.45) is 2.87. The van der Waals surface area contributed by atoms with Crippen molar-refractivity contribution in [3.05, 3.63) is 35.9 Å². The van der Waals surface area contributed by atoms with Crippen LogP contribution in [0.25, 0.3) is 6.08 Å². The fourth-order valence-electron chi connectivity index (χ4n) is 1.64. The molecule has 1 rings (SSSR count). The standard InChI is InChI=1S/C14H19NO5S/c1-11(8-9-20-2)15-21(18,19)13-5-3-4-12(10-13)6-7-14(16)17/h3-7,10-11,15H,8-9H2,1-2H3,(H,16,17). The third kappa shape index (κ3) is 6.07. The van der Waals surface area contributed by atoms with E-state index in [1.54, 1.807) is 26.2 Å². The van der Waals surface area contributed by atoms with Gasteiger partial charge in [-0.05, 0) is 37.1 Å². The molecule has 0 heterocycles. The maximum atomic E-state index is 12.2. The van der Waals surface area contributed by atoms with Gasteiger partial charge in [0, 0.05) is 25.8 Å². The minimum atomic E-state index is -3.64. The van der Waals surface area contributed by atoms with Gasteiger partial charge >= 0.3 is 5.97 Å². The van der Waals surface area contributed by atoms with E-state index in [9.17, 15) is 13.2 Å². The lowest BCUT2D eigenvalue weighted by Crippen LogP contribution is -2.33. The van der Waals surface area contributed by atoms with E-state index in [-0.39, 0.29) is 10.9 Å². The smallest absolute Gasteiger partial charge is 0.328 e. The quantitative estimate of drug-likeness (QED) is 0.709. The van der Waals surface area contributed by atoms with Gasteiger partial charge in [-0.15, -0.1) is 0 Å². The Bertz CT molecular complexity index is 610. The zero-order valence-corrected chi connectivity index (χ0v) is 12.8. The Morgan fingerprint density at radius 2 is 2.19 bits per heavy atom. The summed E-state index contributed by atoms with van der Waals surface area (Å²) >= 11 is 0. The first-order valence-electron chi connectivity index (χ1n) is 6.37. The second-order valence-corrected chi connectivity index (χ2v) is 6.26. The molecule has 0 fully saturated rings. The Balaban J connectivity index is 2.88. The molecule has 0 aliphatic rings. The number of methoxy groups -OCH3 is 1. The van der Waals surface area contributed by atoms with E-state index in [1.165, 1.54) is 18.2 Å². The predicted octanol–water partition coefficient (Wildman–Crippen LogP) is 1.49. The van der Waals surface area contributed by atoms with Gasteiger partial charge in [-0.1, -0.05) is 12.1 Å². The van der Waals surface area contributed by atoms with Crippen LogP contribution in [0.5, 0.6) is 0 Å². The van der Waals surface area contributed by atoms with Gasteiger partial charge in [-0.25, -0.2) is 17.9 Å². The first-order chi connectivity index (χ1) is 9.85. The number of carbonyl (C=O) groups is 1. The van der Waals surface area contributed by atoms with Crippen molar-refractivity contribution in [2.24, 2.45) is 0 Å². The minimum absolute atomic E-state index is 0.0966. The van der Waals surface area contributed by atoms with E-state index in [0.29, 0.717) is 18.6 Å². The summed E-state index contributed by atoms with van der Waals surface area (Å²) in [6, 6.07) is 5.82. The molecule has 0 aromatic heterocycles. The molecule has 1 unspecified atom stereocenters. The highest BCUT2D eigenvalue weighted by Gasteiger charge is 2.17. The molecule has 1 aromatic carbocycles. The SMILES string of the molecule is COCCC(C)NS(=O)(=O)c1cccc(C=CC(=O)O)c1. The Hall–Kier alpha value is -1.70. The predicted molar refractivity (Wildman–Crippen MR) is 79.4 cm³/mol. The summed E-state index contributed by atoms with van der Waals surface area (Å²) in [6.45, 7) is 2.22. The maximum absolute atomic E-state index is 12.2. The minimum Gasteiger partial charge on any atom is -0.478 e. The molecule has 7 heteroatoms. The highest BCUT2D eigenvalue weighted by Crippen LogP contribution is 2.13. The van der Waals surface area contributed by atoms with Crippen LogP contribution in [0.15, 0.2) is 35.2 Å². The number of hydrogen-bond donors (Lipinski definition) is 2. The maximum Gasteiger partial charge on any atom is 0.328 e. The molecule has 21 heavy (non-hydrogen) atoms. The number of sulfonamides is 1. The van der Waals surface area contributed by atoms with Gasteiger partial charge in [-0.2, -0.15) is 0 Å². The van der Waals surface area contributed by atoms with Gasteiger partial charge in [0.05, 0.1) is 4.90 Å². The van der Waals surface area contributed by atoms with Crippen molar-refractivity contribution in [2.75, 3.05) is 13.7 Å². The molecular formula is C14H19NO5S. The van der Waals surface area contributed by atoms with Crippen molar-refractivity contribution in [1.29, 1.82) is 0 Å². The normalized spacial score (nSPS) is 13.4. The van der Waals surface area contributed by atoms with Crippen molar-refractivity contribution >= 4 is 22.1 Å². The lowest BCUT2D eigenvalue weighted by atomic mass is 10.2. The van der Waals surface area contributed by atoms with Crippen LogP contribution < -0.4 is 4.72 Å². The highest BCUT2D eigenvalue weighted by atomic mass is 32.2. The molecule has 0 saturated carbocycles. The van der Waals surface area contributed by atoms with E-state index in [4.69, 9.17) is 9.84 Å². The van der Waals surface area contributed by atoms with Crippen LogP contribution in [0.2, 0.25) is 0 Å². The first-order valence-corrected chi connectivity index (χ1v) is 7.86. The molecule has 2 N–H and O–H groups in total. The van der Waals surface area contributed by atoms with Crippen molar-refractivity contribution in [3.63, 3.8) is 0 Å². The van der Waals surface area contributed by atoms with Gasteiger partial charge in [0.15, 0.2) is 0 Å². The highest BCUT2D eigenvalue weighted by molar-refractivity contribution is 7.89. The Labute approximate surface area is 124 Å². The first kappa shape index (κ1) is 17.4. The number of hydrogen-bond acceptors (Lipinski definition) is 4. The summed E-state index contributed by atoms with van der Waals surface area (Å²) < 4.78 is 31.9. The lowest BCUT2D eigenvalue weighted by molar-refractivity contribution is -0.131. The van der Waals surface area contributed by atoms with Crippen LogP contribution in [0.4, 0.5) is 0 Å². The number of rotatable bonds is 8. The van der Waals surface area contributed by atoms with Gasteiger partial charge < -0.3 is 9.84 Å². The fraction of sp³-hybridized carbons (Fsp3) is 0.357. The van der Waals surface area contributed by atoms with Gasteiger partial charge in [0.1, 0.15) is 0 Å². The third-order valence-corrected chi connectivity index (χ3v) is 4.29. The van der Waals surface area contributed by atoms with E-state index >= 15 is 0 Å². The zero-order chi connectivity index (χ0) is 15.9. The number of benzene rings is 1. The molecule has 0 bridgehead atoms. The topological polar surface area (TPSA) is 92.7 Å². The van der Waals surface area contributed by atoms with Gasteiger partial charge in [0.2, 0.25) is 10.0 Å². The molecule has 0 radical (unpaired) electrons. The van der Waals surface area contributed by atoms with Crippen LogP contribution in [-0.4, -0.2) is 39.3 Å². The van der Waals surface area contributed by atoms with Crippen molar-refractivity contribution in [1.82, 2.24) is 4.72 Å². The van der Waals surface area contributed by atoms with E-state index in [2.05, 4.69) is 4.72 Å². The largest absolute Gasteiger partial charge is 0.478 e. The monoisotopic (exact) mass is 313 g/mol. The lowest BCUT2D eigenvalue weighted by Gasteiger charge is -2.14. The number of carboxylic acid groups (broad SMARTS) is 1. The molecule has 0 aliphatic carbocycles. The van der Waals surface area contributed by atoms with Crippen LogP contribution in [0, 0.1) is 0 Å². The average Bonchev–Trinajstić information content (AvgIpc) is 2.43. The number of nitrogens with one attached hydrogen (secondary N) is 1. The molecule has 0 spiro atoms. The molecule has 116 valence electrons. The van der Waals surface area contributed by atoms with Crippen LogP contribution >= 0.6 is 0 Å².